The molecule has 1 aliphatic carbocycles. The zero-order valence-electron chi connectivity index (χ0n) is 12.7. The van der Waals surface area contributed by atoms with Crippen molar-refractivity contribution in [2.24, 2.45) is 5.92 Å². The number of fused-ring (bicyclic) bond motifs is 1. The van der Waals surface area contributed by atoms with E-state index in [1.165, 1.54) is 0 Å². The second-order valence-electron chi connectivity index (χ2n) is 5.76. The molecule has 1 aliphatic heterocycles. The molecule has 1 aromatic rings. The van der Waals surface area contributed by atoms with Gasteiger partial charge in [0.1, 0.15) is 13.2 Å². The van der Waals surface area contributed by atoms with E-state index in [4.69, 9.17) is 14.6 Å². The van der Waals surface area contributed by atoms with Crippen LogP contribution in [-0.4, -0.2) is 36.9 Å². The summed E-state index contributed by atoms with van der Waals surface area (Å²) < 4.78 is 11.1. The third-order valence-electron chi connectivity index (χ3n) is 3.93. The number of carbonyl (C=O) groups excluding carboxylic acids is 1. The second kappa shape index (κ2) is 6.76. The van der Waals surface area contributed by atoms with Crippen LogP contribution in [0.2, 0.25) is 0 Å². The van der Waals surface area contributed by atoms with Crippen molar-refractivity contribution in [1.82, 2.24) is 10.6 Å². The van der Waals surface area contributed by atoms with Crippen LogP contribution in [0, 0.1) is 5.92 Å². The van der Waals surface area contributed by atoms with Gasteiger partial charge in [-0.3, -0.25) is 4.79 Å². The minimum Gasteiger partial charge on any atom is -0.486 e. The Morgan fingerprint density at radius 3 is 2.65 bits per heavy atom. The standard InChI is InChI=1S/C16H20N2O5/c19-14(20)5-6-17-16(21)18-15(10-1-2-10)11-3-4-12-13(9-11)23-8-7-22-12/h3-4,9-10,15H,1-2,5-8H2,(H,19,20)(H2,17,18,21). The molecule has 3 rings (SSSR count). The fourth-order valence-corrected chi connectivity index (χ4v) is 2.63. The lowest BCUT2D eigenvalue weighted by molar-refractivity contribution is -0.136. The van der Waals surface area contributed by atoms with Crippen molar-refractivity contribution in [3.63, 3.8) is 0 Å². The smallest absolute Gasteiger partial charge is 0.315 e. The second-order valence-corrected chi connectivity index (χ2v) is 5.76. The van der Waals surface area contributed by atoms with E-state index in [1.54, 1.807) is 0 Å². The van der Waals surface area contributed by atoms with Crippen molar-refractivity contribution in [1.29, 1.82) is 0 Å². The van der Waals surface area contributed by atoms with E-state index in [9.17, 15) is 9.59 Å². The largest absolute Gasteiger partial charge is 0.486 e. The van der Waals surface area contributed by atoms with E-state index >= 15 is 0 Å². The number of amides is 2. The van der Waals surface area contributed by atoms with Gasteiger partial charge in [0.15, 0.2) is 11.5 Å². The Morgan fingerprint density at radius 1 is 1.22 bits per heavy atom. The minimum absolute atomic E-state index is 0.0917. The van der Waals surface area contributed by atoms with Crippen molar-refractivity contribution in [2.75, 3.05) is 19.8 Å². The summed E-state index contributed by atoms with van der Waals surface area (Å²) in [6.07, 6.45) is 2.04. The van der Waals surface area contributed by atoms with Gasteiger partial charge in [0.25, 0.3) is 0 Å². The highest BCUT2D eigenvalue weighted by Crippen LogP contribution is 2.43. The van der Waals surface area contributed by atoms with Crippen LogP contribution < -0.4 is 20.1 Å². The first-order valence-electron chi connectivity index (χ1n) is 7.79. The first-order valence-corrected chi connectivity index (χ1v) is 7.79. The average molecular weight is 320 g/mol. The van der Waals surface area contributed by atoms with Gasteiger partial charge in [0.05, 0.1) is 12.5 Å². The van der Waals surface area contributed by atoms with E-state index in [0.29, 0.717) is 24.9 Å². The van der Waals surface area contributed by atoms with E-state index in [-0.39, 0.29) is 25.0 Å². The Hall–Kier alpha value is -2.44. The maximum absolute atomic E-state index is 12.0. The number of hydrogen-bond acceptors (Lipinski definition) is 4. The summed E-state index contributed by atoms with van der Waals surface area (Å²) in [5, 5.41) is 14.1. The van der Waals surface area contributed by atoms with Crippen molar-refractivity contribution < 1.29 is 24.2 Å². The Morgan fingerprint density at radius 2 is 1.96 bits per heavy atom. The molecule has 7 nitrogen and oxygen atoms in total. The van der Waals surface area contributed by atoms with Gasteiger partial charge in [-0.25, -0.2) is 4.79 Å². The van der Waals surface area contributed by atoms with E-state index in [0.717, 1.165) is 24.2 Å². The predicted molar refractivity (Wildman–Crippen MR) is 81.7 cm³/mol. The van der Waals surface area contributed by atoms with Gasteiger partial charge in [-0.05, 0) is 36.5 Å². The zero-order chi connectivity index (χ0) is 16.2. The van der Waals surface area contributed by atoms with Gasteiger partial charge in [0, 0.05) is 6.54 Å². The summed E-state index contributed by atoms with van der Waals surface area (Å²) >= 11 is 0. The lowest BCUT2D eigenvalue weighted by Crippen LogP contribution is -2.39. The SMILES string of the molecule is O=C(O)CCNC(=O)NC(c1ccc2c(c1)OCCO2)C1CC1. The third kappa shape index (κ3) is 4.06. The van der Waals surface area contributed by atoms with Crippen LogP contribution in [0.4, 0.5) is 4.79 Å². The van der Waals surface area contributed by atoms with Gasteiger partial charge in [-0.1, -0.05) is 6.07 Å². The minimum atomic E-state index is -0.934. The van der Waals surface area contributed by atoms with Crippen LogP contribution in [0.15, 0.2) is 18.2 Å². The highest BCUT2D eigenvalue weighted by molar-refractivity contribution is 5.75. The van der Waals surface area contributed by atoms with E-state index in [2.05, 4.69) is 10.6 Å². The van der Waals surface area contributed by atoms with Crippen LogP contribution >= 0.6 is 0 Å². The van der Waals surface area contributed by atoms with Gasteiger partial charge in [-0.2, -0.15) is 0 Å². The number of carboxylic acids is 1. The molecule has 2 amide bonds. The average Bonchev–Trinajstić information content (AvgIpc) is 3.36. The molecule has 0 radical (unpaired) electrons. The predicted octanol–water partition coefficient (Wildman–Crippen LogP) is 1.68. The number of rotatable bonds is 6. The summed E-state index contributed by atoms with van der Waals surface area (Å²) in [6, 6.07) is 5.26. The molecule has 1 heterocycles. The van der Waals surface area contributed by atoms with Crippen LogP contribution in [0.5, 0.6) is 11.5 Å². The molecule has 1 aromatic carbocycles. The van der Waals surface area contributed by atoms with Crippen molar-refractivity contribution in [3.8, 4) is 11.5 Å². The summed E-state index contributed by atoms with van der Waals surface area (Å²) in [5.74, 6) is 0.895. The molecule has 124 valence electrons. The normalized spacial score (nSPS) is 17.2. The number of ether oxygens (including phenoxy) is 2. The fourth-order valence-electron chi connectivity index (χ4n) is 2.63. The number of carboxylic acid groups (broad SMARTS) is 1. The number of hydrogen-bond donors (Lipinski definition) is 3. The number of carbonyl (C=O) groups is 2. The molecule has 1 saturated carbocycles. The van der Waals surface area contributed by atoms with Crippen molar-refractivity contribution in [3.05, 3.63) is 23.8 Å². The lowest BCUT2D eigenvalue weighted by Gasteiger charge is -2.23. The van der Waals surface area contributed by atoms with Gasteiger partial charge >= 0.3 is 12.0 Å². The van der Waals surface area contributed by atoms with Gasteiger partial charge in [-0.15, -0.1) is 0 Å². The number of benzene rings is 1. The van der Waals surface area contributed by atoms with Crippen LogP contribution in [0.25, 0.3) is 0 Å². The van der Waals surface area contributed by atoms with E-state index < -0.39 is 5.97 Å². The Kier molecular flexibility index (Phi) is 4.55. The maximum atomic E-state index is 12.0. The highest BCUT2D eigenvalue weighted by atomic mass is 16.6. The fraction of sp³-hybridized carbons (Fsp3) is 0.500. The molecule has 0 aromatic heterocycles. The number of aliphatic carboxylic acids is 1. The Bertz CT molecular complexity index is 600. The summed E-state index contributed by atoms with van der Waals surface area (Å²) in [5.41, 5.74) is 0.977. The maximum Gasteiger partial charge on any atom is 0.315 e. The monoisotopic (exact) mass is 320 g/mol. The Labute approximate surface area is 134 Å². The molecule has 1 atom stereocenters. The zero-order valence-corrected chi connectivity index (χ0v) is 12.7. The molecule has 1 fully saturated rings. The van der Waals surface area contributed by atoms with Gasteiger partial charge < -0.3 is 25.2 Å². The molecule has 1 unspecified atom stereocenters. The summed E-state index contributed by atoms with van der Waals surface area (Å²) in [6.45, 7) is 1.18. The number of urea groups is 1. The first kappa shape index (κ1) is 15.5. The van der Waals surface area contributed by atoms with Crippen molar-refractivity contribution in [2.45, 2.75) is 25.3 Å². The summed E-state index contributed by atoms with van der Waals surface area (Å²) in [4.78, 5) is 22.4. The summed E-state index contributed by atoms with van der Waals surface area (Å²) in [7, 11) is 0. The molecule has 0 bridgehead atoms. The van der Waals surface area contributed by atoms with Crippen LogP contribution in [-0.2, 0) is 4.79 Å². The number of nitrogens with one attached hydrogen (secondary N) is 2. The molecule has 2 aliphatic rings. The third-order valence-corrected chi connectivity index (χ3v) is 3.93. The van der Waals surface area contributed by atoms with Crippen LogP contribution in [0.3, 0.4) is 0 Å². The molecule has 23 heavy (non-hydrogen) atoms. The molecular formula is C16H20N2O5. The molecule has 0 spiro atoms. The lowest BCUT2D eigenvalue weighted by atomic mass is 10.0. The highest BCUT2D eigenvalue weighted by Gasteiger charge is 2.34. The molecule has 0 saturated heterocycles. The quantitative estimate of drug-likeness (QED) is 0.741. The van der Waals surface area contributed by atoms with E-state index in [1.807, 2.05) is 18.2 Å². The van der Waals surface area contributed by atoms with Gasteiger partial charge in [0.2, 0.25) is 0 Å². The van der Waals surface area contributed by atoms with Crippen LogP contribution in [0.1, 0.15) is 30.9 Å². The molecule has 3 N–H and O–H groups in total. The van der Waals surface area contributed by atoms with Crippen molar-refractivity contribution >= 4 is 12.0 Å². The topological polar surface area (TPSA) is 96.9 Å². The molecular weight excluding hydrogens is 300 g/mol. The molecule has 7 heteroatoms. The first-order chi connectivity index (χ1) is 11.1. The Balaban J connectivity index is 1.65.